The van der Waals surface area contributed by atoms with Crippen LogP contribution in [0.25, 0.3) is 0 Å². The molecule has 2 heteroatoms. The van der Waals surface area contributed by atoms with E-state index in [1.54, 1.807) is 0 Å². The molecule has 0 saturated heterocycles. The smallest absolute Gasteiger partial charge is 0.0977 e. The zero-order valence-electron chi connectivity index (χ0n) is 7.89. The minimum Gasteiger partial charge on any atom is -0.318 e. The molecule has 11 heavy (non-hydrogen) atoms. The van der Waals surface area contributed by atoms with Crippen LogP contribution in [0.3, 0.4) is 0 Å². The number of nitrogens with one attached hydrogen (secondary N) is 1. The minimum absolute atomic E-state index is 0.461. The van der Waals surface area contributed by atoms with Gasteiger partial charge in [0.1, 0.15) is 0 Å². The average molecular weight is 155 g/mol. The number of hydrogen-bond donors (Lipinski definition) is 2. The summed E-state index contributed by atoms with van der Waals surface area (Å²) in [7, 11) is 0. The molecule has 0 rings (SSSR count). The Morgan fingerprint density at radius 3 is 2.09 bits per heavy atom. The molecule has 0 aromatic carbocycles. The summed E-state index contributed by atoms with van der Waals surface area (Å²) in [5.74, 6) is 0.461. The second kappa shape index (κ2) is 5.08. The van der Waals surface area contributed by atoms with Crippen molar-refractivity contribution >= 4 is 6.21 Å². The van der Waals surface area contributed by atoms with Crippen molar-refractivity contribution in [2.75, 3.05) is 0 Å². The summed E-state index contributed by atoms with van der Waals surface area (Å²) in [6, 6.07) is 0.573. The van der Waals surface area contributed by atoms with E-state index in [0.717, 1.165) is 5.57 Å². The van der Waals surface area contributed by atoms with Crippen LogP contribution in [0.2, 0.25) is 0 Å². The second-order valence-corrected chi connectivity index (χ2v) is 3.40. The lowest BCUT2D eigenvalue weighted by atomic mass is 10.1. The molecule has 0 spiro atoms. The molecule has 64 valence electrons. The molecule has 0 heterocycles. The predicted octanol–water partition coefficient (Wildman–Crippen LogP) is 1.15. The third-order valence-corrected chi connectivity index (χ3v) is 1.51. The number of nitrogens with two attached hydrogens (primary N) is 1. The standard InChI is InChI=1S/C9H18N2/c1-7(2)9(5-10)6-11-8(3)4/h5-8,10-11H,1-4H3/p+1/b9-6+,10-5?. The van der Waals surface area contributed by atoms with Crippen LogP contribution in [-0.4, -0.2) is 12.3 Å². The summed E-state index contributed by atoms with van der Waals surface area (Å²) in [4.78, 5) is 0. The average Bonchev–Trinajstić information content (AvgIpc) is 1.87. The normalized spacial score (nSPS) is 12.7. The summed E-state index contributed by atoms with van der Waals surface area (Å²) in [6.07, 6.45) is 3.48. The highest BCUT2D eigenvalue weighted by Crippen LogP contribution is 2.02. The topological polar surface area (TPSA) is 40.5 Å². The van der Waals surface area contributed by atoms with Gasteiger partial charge in [-0.2, -0.15) is 0 Å². The second-order valence-electron chi connectivity index (χ2n) is 3.40. The van der Waals surface area contributed by atoms with Crippen LogP contribution in [-0.2, 0) is 0 Å². The Hall–Kier alpha value is -0.630. The first kappa shape index (κ1) is 10.4. The molecule has 0 aliphatic rings. The largest absolute Gasteiger partial charge is 0.318 e. The van der Waals surface area contributed by atoms with Gasteiger partial charge in [-0.1, -0.05) is 13.8 Å². The van der Waals surface area contributed by atoms with E-state index in [2.05, 4.69) is 33.0 Å². The monoisotopic (exact) mass is 155 g/mol. The van der Waals surface area contributed by atoms with E-state index in [-0.39, 0.29) is 0 Å². The van der Waals surface area contributed by atoms with Gasteiger partial charge in [-0.3, -0.25) is 0 Å². The maximum atomic E-state index is 7.12. The Bertz CT molecular complexity index is 146. The Labute approximate surface area is 69.2 Å². The maximum absolute atomic E-state index is 7.12. The maximum Gasteiger partial charge on any atom is 0.0977 e. The number of hydrogen-bond acceptors (Lipinski definition) is 1. The third kappa shape index (κ3) is 4.73. The molecule has 0 aromatic heterocycles. The lowest BCUT2D eigenvalue weighted by Crippen LogP contribution is -2.83. The quantitative estimate of drug-likeness (QED) is 0.572. The molecule has 0 fully saturated rings. The van der Waals surface area contributed by atoms with Crippen molar-refractivity contribution in [3.63, 3.8) is 0 Å². The van der Waals surface area contributed by atoms with Crippen molar-refractivity contribution in [1.82, 2.24) is 0 Å². The van der Waals surface area contributed by atoms with Crippen LogP contribution >= 0.6 is 0 Å². The van der Waals surface area contributed by atoms with Gasteiger partial charge in [-0.25, -0.2) is 0 Å². The van der Waals surface area contributed by atoms with E-state index in [4.69, 9.17) is 5.41 Å². The van der Waals surface area contributed by atoms with Crippen molar-refractivity contribution < 1.29 is 5.32 Å². The van der Waals surface area contributed by atoms with Crippen LogP contribution in [0.1, 0.15) is 27.7 Å². The number of allylic oxidation sites excluding steroid dienone is 1. The van der Waals surface area contributed by atoms with E-state index in [0.29, 0.717) is 12.0 Å². The van der Waals surface area contributed by atoms with Crippen molar-refractivity contribution in [3.8, 4) is 0 Å². The lowest BCUT2D eigenvalue weighted by molar-refractivity contribution is -0.619. The van der Waals surface area contributed by atoms with Gasteiger partial charge in [0.2, 0.25) is 0 Å². The van der Waals surface area contributed by atoms with E-state index >= 15 is 0 Å². The molecule has 0 aliphatic carbocycles. The summed E-state index contributed by atoms with van der Waals surface area (Å²) >= 11 is 0. The van der Waals surface area contributed by atoms with Crippen molar-refractivity contribution in [2.24, 2.45) is 5.92 Å². The fourth-order valence-corrected chi connectivity index (χ4v) is 0.711. The summed E-state index contributed by atoms with van der Waals surface area (Å²) in [5.41, 5.74) is 1.10. The molecule has 0 saturated carbocycles. The van der Waals surface area contributed by atoms with Gasteiger partial charge in [-0.05, 0) is 19.8 Å². The first-order chi connectivity index (χ1) is 5.07. The molecular formula is C9H19N2+. The molecule has 3 N–H and O–H groups in total. The van der Waals surface area contributed by atoms with E-state index in [1.807, 2.05) is 6.20 Å². The van der Waals surface area contributed by atoms with Crippen LogP contribution < -0.4 is 5.32 Å². The fourth-order valence-electron chi connectivity index (χ4n) is 0.711. The number of rotatable bonds is 4. The molecular weight excluding hydrogens is 136 g/mol. The van der Waals surface area contributed by atoms with Crippen molar-refractivity contribution in [2.45, 2.75) is 33.7 Å². The van der Waals surface area contributed by atoms with Gasteiger partial charge in [0.25, 0.3) is 0 Å². The first-order valence-corrected chi connectivity index (χ1v) is 4.13. The SMILES string of the molecule is CC(C)[NH2+]/C=C(\C=N)C(C)C. The van der Waals surface area contributed by atoms with Gasteiger partial charge < -0.3 is 10.7 Å². The minimum atomic E-state index is 0.461. The molecule has 0 aromatic rings. The molecule has 0 aliphatic heterocycles. The molecule has 0 unspecified atom stereocenters. The highest BCUT2D eigenvalue weighted by Gasteiger charge is 2.01. The Balaban J connectivity index is 4.01. The highest BCUT2D eigenvalue weighted by atomic mass is 14.9. The van der Waals surface area contributed by atoms with Gasteiger partial charge in [0, 0.05) is 11.8 Å². The van der Waals surface area contributed by atoms with Crippen LogP contribution in [0.4, 0.5) is 0 Å². The van der Waals surface area contributed by atoms with Gasteiger partial charge >= 0.3 is 0 Å². The Morgan fingerprint density at radius 2 is 1.82 bits per heavy atom. The summed E-state index contributed by atoms with van der Waals surface area (Å²) in [6.45, 7) is 8.48. The van der Waals surface area contributed by atoms with Gasteiger partial charge in [0.05, 0.1) is 12.2 Å². The number of quaternary nitrogens is 1. The highest BCUT2D eigenvalue weighted by molar-refractivity contribution is 5.75. The van der Waals surface area contributed by atoms with Crippen LogP contribution in [0, 0.1) is 11.3 Å². The zero-order valence-corrected chi connectivity index (χ0v) is 7.89. The fraction of sp³-hybridized carbons (Fsp3) is 0.667. The van der Waals surface area contributed by atoms with E-state index in [9.17, 15) is 0 Å². The van der Waals surface area contributed by atoms with Gasteiger partial charge in [0.15, 0.2) is 0 Å². The zero-order chi connectivity index (χ0) is 8.85. The molecule has 0 amide bonds. The van der Waals surface area contributed by atoms with Gasteiger partial charge in [-0.15, -0.1) is 0 Å². The summed E-state index contributed by atoms with van der Waals surface area (Å²) < 4.78 is 0. The van der Waals surface area contributed by atoms with Crippen molar-refractivity contribution in [1.29, 1.82) is 5.41 Å². The lowest BCUT2D eigenvalue weighted by Gasteiger charge is -2.04. The van der Waals surface area contributed by atoms with Crippen LogP contribution in [0.15, 0.2) is 11.8 Å². The Kier molecular flexibility index (Phi) is 4.79. The van der Waals surface area contributed by atoms with E-state index in [1.165, 1.54) is 6.21 Å². The predicted molar refractivity (Wildman–Crippen MR) is 48.8 cm³/mol. The Morgan fingerprint density at radius 1 is 1.27 bits per heavy atom. The van der Waals surface area contributed by atoms with E-state index < -0.39 is 0 Å². The molecule has 0 atom stereocenters. The molecule has 0 radical (unpaired) electrons. The molecule has 2 nitrogen and oxygen atoms in total. The molecule has 0 bridgehead atoms. The third-order valence-electron chi connectivity index (χ3n) is 1.51. The first-order valence-electron chi connectivity index (χ1n) is 4.13. The van der Waals surface area contributed by atoms with Crippen molar-refractivity contribution in [3.05, 3.63) is 11.8 Å². The van der Waals surface area contributed by atoms with Crippen LogP contribution in [0.5, 0.6) is 0 Å². The summed E-state index contributed by atoms with van der Waals surface area (Å²) in [5, 5.41) is 9.25.